The first kappa shape index (κ1) is 14.9. The van der Waals surface area contributed by atoms with Crippen molar-refractivity contribution in [2.24, 2.45) is 5.92 Å². The number of methoxy groups -OCH3 is 1. The van der Waals surface area contributed by atoms with E-state index in [1.54, 1.807) is 14.0 Å². The van der Waals surface area contributed by atoms with Crippen LogP contribution in [-0.2, 0) is 9.53 Å². The van der Waals surface area contributed by atoms with Gasteiger partial charge >= 0.3 is 5.97 Å². The van der Waals surface area contributed by atoms with Crippen LogP contribution in [0.2, 0.25) is 0 Å². The molecular weight excluding hydrogens is 304 g/mol. The Labute approximate surface area is 134 Å². The lowest BCUT2D eigenvalue weighted by Gasteiger charge is -2.50. The Morgan fingerprint density at radius 2 is 2.27 bits per heavy atom. The van der Waals surface area contributed by atoms with Gasteiger partial charge in [0.2, 0.25) is 0 Å². The van der Waals surface area contributed by atoms with Crippen molar-refractivity contribution in [1.29, 1.82) is 0 Å². The van der Waals surface area contributed by atoms with Crippen LogP contribution in [0.25, 0.3) is 0 Å². The summed E-state index contributed by atoms with van der Waals surface area (Å²) in [6, 6.07) is 5.18. The number of thiocarbonyl (C=S) groups is 1. The van der Waals surface area contributed by atoms with Crippen LogP contribution in [-0.4, -0.2) is 30.5 Å². The minimum Gasteiger partial charge on any atom is -0.497 e. The lowest BCUT2D eigenvalue weighted by atomic mass is 9.80. The number of nitrogens with one attached hydrogen (secondary N) is 2. The molecule has 6 nitrogen and oxygen atoms in total. The fourth-order valence-electron chi connectivity index (χ4n) is 3.04. The van der Waals surface area contributed by atoms with E-state index in [1.165, 1.54) is 0 Å². The Balaban J connectivity index is 2.09. The van der Waals surface area contributed by atoms with E-state index in [1.807, 2.05) is 25.1 Å². The molecule has 2 bridgehead atoms. The molecule has 22 heavy (non-hydrogen) atoms. The van der Waals surface area contributed by atoms with Crippen molar-refractivity contribution in [1.82, 2.24) is 10.6 Å². The topological polar surface area (TPSA) is 68.8 Å². The van der Waals surface area contributed by atoms with Gasteiger partial charge in [-0.15, -0.1) is 0 Å². The third-order valence-corrected chi connectivity index (χ3v) is 4.21. The zero-order valence-electron chi connectivity index (χ0n) is 12.6. The fourth-order valence-corrected chi connectivity index (χ4v) is 3.37. The first-order valence-corrected chi connectivity index (χ1v) is 7.51. The number of rotatable bonds is 3. The van der Waals surface area contributed by atoms with Crippen LogP contribution >= 0.6 is 12.2 Å². The maximum absolute atomic E-state index is 12.4. The van der Waals surface area contributed by atoms with Gasteiger partial charge < -0.3 is 24.8 Å². The number of fused-ring (bicyclic) bond motifs is 4. The lowest BCUT2D eigenvalue weighted by molar-refractivity contribution is -0.162. The Hall–Kier alpha value is -2.02. The Kier molecular flexibility index (Phi) is 3.60. The molecule has 1 fully saturated rings. The quantitative estimate of drug-likeness (QED) is 0.645. The maximum atomic E-state index is 12.4. The van der Waals surface area contributed by atoms with Crippen LogP contribution in [0.5, 0.6) is 11.5 Å². The smallest absolute Gasteiger partial charge is 0.317 e. The van der Waals surface area contributed by atoms with Gasteiger partial charge in [-0.05, 0) is 44.3 Å². The maximum Gasteiger partial charge on any atom is 0.317 e. The Bertz CT molecular complexity index is 636. The van der Waals surface area contributed by atoms with Crippen molar-refractivity contribution >= 4 is 23.3 Å². The van der Waals surface area contributed by atoms with Crippen LogP contribution in [0.15, 0.2) is 18.2 Å². The third kappa shape index (κ3) is 2.25. The van der Waals surface area contributed by atoms with Gasteiger partial charge in [0.05, 0.1) is 19.8 Å². The molecule has 3 atom stereocenters. The van der Waals surface area contributed by atoms with E-state index in [0.717, 1.165) is 5.56 Å². The first-order chi connectivity index (χ1) is 10.5. The zero-order chi connectivity index (χ0) is 15.9. The normalized spacial score (nSPS) is 28.6. The molecule has 2 N–H and O–H groups in total. The molecule has 0 radical (unpaired) electrons. The average Bonchev–Trinajstić information content (AvgIpc) is 2.45. The molecule has 0 aromatic heterocycles. The van der Waals surface area contributed by atoms with Crippen molar-refractivity contribution in [3.63, 3.8) is 0 Å². The molecule has 0 spiro atoms. The number of benzene rings is 1. The van der Waals surface area contributed by atoms with Gasteiger partial charge in [-0.2, -0.15) is 0 Å². The van der Waals surface area contributed by atoms with E-state index < -0.39 is 11.6 Å². The van der Waals surface area contributed by atoms with Gasteiger partial charge in [0.1, 0.15) is 17.4 Å². The summed E-state index contributed by atoms with van der Waals surface area (Å²) in [5.41, 5.74) is -0.111. The summed E-state index contributed by atoms with van der Waals surface area (Å²) in [6.07, 6.45) is 0. The number of hydrogen-bond donors (Lipinski definition) is 2. The highest BCUT2D eigenvalue weighted by molar-refractivity contribution is 7.80. The molecule has 118 valence electrons. The molecule has 0 amide bonds. The van der Waals surface area contributed by atoms with Gasteiger partial charge in [0, 0.05) is 5.56 Å². The van der Waals surface area contributed by atoms with Gasteiger partial charge in [-0.25, -0.2) is 0 Å². The Morgan fingerprint density at radius 3 is 2.95 bits per heavy atom. The minimum atomic E-state index is -0.944. The first-order valence-electron chi connectivity index (χ1n) is 7.10. The summed E-state index contributed by atoms with van der Waals surface area (Å²) >= 11 is 5.24. The molecule has 7 heteroatoms. The van der Waals surface area contributed by atoms with E-state index >= 15 is 0 Å². The molecule has 0 saturated carbocycles. The second-order valence-electron chi connectivity index (χ2n) is 5.42. The molecule has 0 unspecified atom stereocenters. The molecular formula is C15H18N2O4S. The van der Waals surface area contributed by atoms with Crippen molar-refractivity contribution in [3.8, 4) is 11.5 Å². The second-order valence-corrected chi connectivity index (χ2v) is 5.83. The number of carbonyl (C=O) groups excluding carboxylic acids is 1. The van der Waals surface area contributed by atoms with Crippen molar-refractivity contribution < 1.29 is 19.0 Å². The summed E-state index contributed by atoms with van der Waals surface area (Å²) in [6.45, 7) is 3.90. The fraction of sp³-hybridized carbons (Fsp3) is 0.467. The summed E-state index contributed by atoms with van der Waals surface area (Å²) in [7, 11) is 1.60. The van der Waals surface area contributed by atoms with Gasteiger partial charge in [-0.1, -0.05) is 0 Å². The van der Waals surface area contributed by atoms with E-state index in [4.69, 9.17) is 26.4 Å². The second kappa shape index (κ2) is 5.31. The van der Waals surface area contributed by atoms with E-state index in [0.29, 0.717) is 23.2 Å². The predicted molar refractivity (Wildman–Crippen MR) is 83.8 cm³/mol. The zero-order valence-corrected chi connectivity index (χ0v) is 13.5. The number of hydrogen-bond acceptors (Lipinski definition) is 5. The summed E-state index contributed by atoms with van der Waals surface area (Å²) in [5, 5.41) is 6.65. The van der Waals surface area contributed by atoms with Crippen LogP contribution in [0.1, 0.15) is 25.5 Å². The highest BCUT2D eigenvalue weighted by Crippen LogP contribution is 2.46. The average molecular weight is 322 g/mol. The number of carbonyl (C=O) groups is 1. The number of ether oxygens (including phenoxy) is 3. The van der Waals surface area contributed by atoms with Crippen molar-refractivity contribution in [3.05, 3.63) is 23.8 Å². The van der Waals surface area contributed by atoms with Crippen LogP contribution < -0.4 is 20.1 Å². The summed E-state index contributed by atoms with van der Waals surface area (Å²) < 4.78 is 16.5. The lowest BCUT2D eigenvalue weighted by Crippen LogP contribution is -2.70. The highest BCUT2D eigenvalue weighted by atomic mass is 32.1. The molecule has 1 aromatic rings. The van der Waals surface area contributed by atoms with E-state index in [9.17, 15) is 4.79 Å². The van der Waals surface area contributed by atoms with Crippen LogP contribution in [0.4, 0.5) is 0 Å². The van der Waals surface area contributed by atoms with Gasteiger partial charge in [-0.3, -0.25) is 4.79 Å². The van der Waals surface area contributed by atoms with Gasteiger partial charge in [0.15, 0.2) is 10.8 Å². The monoisotopic (exact) mass is 322 g/mol. The van der Waals surface area contributed by atoms with Crippen molar-refractivity contribution in [2.75, 3.05) is 13.7 Å². The SMILES string of the molecule is CCOC(=O)[C@H]1[C@@H]2NC(=S)N[C@@]1(C)Oc1ccc(OC)cc12. The van der Waals surface area contributed by atoms with E-state index in [2.05, 4.69) is 10.6 Å². The number of esters is 1. The standard InChI is InChI=1S/C15H18N2O4S/c1-4-20-13(18)11-12-9-7-8(19-3)5-6-10(9)21-15(11,2)17-14(22)16-12/h5-7,11-12H,4H2,1-3H3,(H2,16,17,22)/t11-,12-,15+/m1/s1. The molecule has 2 aliphatic heterocycles. The molecule has 3 rings (SSSR count). The summed E-state index contributed by atoms with van der Waals surface area (Å²) in [5.74, 6) is 0.501. The third-order valence-electron chi connectivity index (χ3n) is 3.99. The van der Waals surface area contributed by atoms with Gasteiger partial charge in [0.25, 0.3) is 0 Å². The molecule has 1 saturated heterocycles. The predicted octanol–water partition coefficient (Wildman–Crippen LogP) is 1.50. The Morgan fingerprint density at radius 1 is 1.50 bits per heavy atom. The van der Waals surface area contributed by atoms with Crippen LogP contribution in [0.3, 0.4) is 0 Å². The molecule has 2 aliphatic rings. The molecule has 0 aliphatic carbocycles. The minimum absolute atomic E-state index is 0.313. The largest absolute Gasteiger partial charge is 0.497 e. The molecule has 1 aromatic carbocycles. The molecule has 2 heterocycles. The van der Waals surface area contributed by atoms with Crippen LogP contribution in [0, 0.1) is 5.92 Å². The summed E-state index contributed by atoms with van der Waals surface area (Å²) in [4.78, 5) is 12.4. The van der Waals surface area contributed by atoms with Crippen molar-refractivity contribution in [2.45, 2.75) is 25.6 Å². The highest BCUT2D eigenvalue weighted by Gasteiger charge is 2.55. The van der Waals surface area contributed by atoms with E-state index in [-0.39, 0.29) is 12.0 Å².